The molecule has 0 saturated heterocycles. The summed E-state index contributed by atoms with van der Waals surface area (Å²) in [5, 5.41) is 3.14. The summed E-state index contributed by atoms with van der Waals surface area (Å²) in [6.45, 7) is 5.13. The van der Waals surface area contributed by atoms with Crippen LogP contribution in [0.2, 0.25) is 0 Å². The first-order valence-corrected chi connectivity index (χ1v) is 10.9. The summed E-state index contributed by atoms with van der Waals surface area (Å²) in [5.41, 5.74) is 6.57. The van der Waals surface area contributed by atoms with Gasteiger partial charge in [0.25, 0.3) is 0 Å². The van der Waals surface area contributed by atoms with E-state index in [4.69, 9.17) is 9.47 Å². The van der Waals surface area contributed by atoms with Crippen LogP contribution in [-0.2, 0) is 11.2 Å². The van der Waals surface area contributed by atoms with Gasteiger partial charge in [-0.25, -0.2) is 0 Å². The number of aryl methyl sites for hydroxylation is 2. The fraction of sp³-hybridized carbons (Fsp3) is 0.296. The quantitative estimate of drug-likeness (QED) is 0.604. The molecule has 0 radical (unpaired) electrons. The van der Waals surface area contributed by atoms with Crippen LogP contribution >= 0.6 is 0 Å². The van der Waals surface area contributed by atoms with Crippen LogP contribution in [0.3, 0.4) is 0 Å². The summed E-state index contributed by atoms with van der Waals surface area (Å²) in [5.74, 6) is 1.43. The number of hydrogen-bond acceptors (Lipinski definition) is 4. The van der Waals surface area contributed by atoms with Gasteiger partial charge in [0.2, 0.25) is 5.91 Å². The molecule has 0 unspecified atom stereocenters. The van der Waals surface area contributed by atoms with Gasteiger partial charge in [-0.3, -0.25) is 9.69 Å². The van der Waals surface area contributed by atoms with Crippen LogP contribution in [0.4, 0.5) is 5.69 Å². The Morgan fingerprint density at radius 3 is 2.28 bits per heavy atom. The van der Waals surface area contributed by atoms with E-state index in [1.54, 1.807) is 14.2 Å². The van der Waals surface area contributed by atoms with Gasteiger partial charge in [0, 0.05) is 12.2 Å². The highest BCUT2D eigenvalue weighted by Crippen LogP contribution is 2.40. The molecule has 1 heterocycles. The maximum atomic E-state index is 13.1. The van der Waals surface area contributed by atoms with Crippen molar-refractivity contribution in [2.45, 2.75) is 26.3 Å². The molecule has 5 nitrogen and oxygen atoms in total. The van der Waals surface area contributed by atoms with Gasteiger partial charge in [-0.2, -0.15) is 0 Å². The van der Waals surface area contributed by atoms with Crippen molar-refractivity contribution in [3.8, 4) is 11.5 Å². The van der Waals surface area contributed by atoms with Crippen LogP contribution in [0.15, 0.2) is 60.7 Å². The first kappa shape index (κ1) is 21.9. The van der Waals surface area contributed by atoms with Gasteiger partial charge < -0.3 is 14.8 Å². The monoisotopic (exact) mass is 430 g/mol. The Morgan fingerprint density at radius 2 is 1.62 bits per heavy atom. The summed E-state index contributed by atoms with van der Waals surface area (Å²) >= 11 is 0. The van der Waals surface area contributed by atoms with Crippen molar-refractivity contribution in [2.24, 2.45) is 0 Å². The molecule has 3 aromatic carbocycles. The number of carbonyl (C=O) groups is 1. The third kappa shape index (κ3) is 4.34. The van der Waals surface area contributed by atoms with Crippen molar-refractivity contribution in [1.29, 1.82) is 0 Å². The molecular weight excluding hydrogens is 400 g/mol. The van der Waals surface area contributed by atoms with E-state index in [9.17, 15) is 4.79 Å². The SMILES string of the molecule is COc1cc2c(cc1OC)[C@H](c1ccccc1)N(CC(=O)Nc1c(C)cccc1C)CC2. The third-order valence-electron chi connectivity index (χ3n) is 6.18. The lowest BCUT2D eigenvalue weighted by Crippen LogP contribution is -2.41. The Hall–Kier alpha value is -3.31. The Kier molecular flexibility index (Phi) is 6.47. The summed E-state index contributed by atoms with van der Waals surface area (Å²) in [4.78, 5) is 15.3. The van der Waals surface area contributed by atoms with Gasteiger partial charge in [-0.05, 0) is 60.2 Å². The molecular formula is C27H30N2O3. The molecule has 0 fully saturated rings. The molecule has 1 aliphatic rings. The number of anilines is 1. The summed E-state index contributed by atoms with van der Waals surface area (Å²) < 4.78 is 11.1. The number of rotatable bonds is 6. The number of amides is 1. The van der Waals surface area contributed by atoms with Crippen molar-refractivity contribution in [3.05, 3.63) is 88.5 Å². The molecule has 0 saturated carbocycles. The molecule has 1 aliphatic heterocycles. The van der Waals surface area contributed by atoms with Gasteiger partial charge in [0.1, 0.15) is 0 Å². The van der Waals surface area contributed by atoms with Crippen molar-refractivity contribution in [3.63, 3.8) is 0 Å². The molecule has 1 N–H and O–H groups in total. The molecule has 4 rings (SSSR count). The van der Waals surface area contributed by atoms with Gasteiger partial charge in [-0.15, -0.1) is 0 Å². The first-order valence-electron chi connectivity index (χ1n) is 10.9. The second-order valence-corrected chi connectivity index (χ2v) is 8.25. The Balaban J connectivity index is 1.67. The van der Waals surface area contributed by atoms with Crippen LogP contribution in [0.1, 0.15) is 33.9 Å². The number of nitrogens with one attached hydrogen (secondary N) is 1. The largest absolute Gasteiger partial charge is 0.493 e. The molecule has 1 atom stereocenters. The molecule has 0 bridgehead atoms. The average Bonchev–Trinajstić information content (AvgIpc) is 2.81. The highest BCUT2D eigenvalue weighted by atomic mass is 16.5. The zero-order chi connectivity index (χ0) is 22.7. The zero-order valence-electron chi connectivity index (χ0n) is 19.1. The van der Waals surface area contributed by atoms with Gasteiger partial charge in [-0.1, -0.05) is 48.5 Å². The highest BCUT2D eigenvalue weighted by Gasteiger charge is 2.31. The number of carbonyl (C=O) groups excluding carboxylic acids is 1. The van der Waals surface area contributed by atoms with E-state index in [1.807, 2.05) is 50.2 Å². The second-order valence-electron chi connectivity index (χ2n) is 8.25. The van der Waals surface area contributed by atoms with Crippen LogP contribution in [0.25, 0.3) is 0 Å². The van der Waals surface area contributed by atoms with Crippen LogP contribution in [0.5, 0.6) is 11.5 Å². The van der Waals surface area contributed by atoms with Crippen LogP contribution in [-0.4, -0.2) is 38.1 Å². The van der Waals surface area contributed by atoms with E-state index in [-0.39, 0.29) is 11.9 Å². The maximum absolute atomic E-state index is 13.1. The van der Waals surface area contributed by atoms with E-state index in [1.165, 1.54) is 5.56 Å². The maximum Gasteiger partial charge on any atom is 0.238 e. The Morgan fingerprint density at radius 1 is 0.969 bits per heavy atom. The summed E-state index contributed by atoms with van der Waals surface area (Å²) in [6, 6.07) is 20.5. The van der Waals surface area contributed by atoms with Crippen molar-refractivity contribution in [1.82, 2.24) is 4.90 Å². The Labute approximate surface area is 190 Å². The fourth-order valence-corrected chi connectivity index (χ4v) is 4.57. The molecule has 0 aliphatic carbocycles. The average molecular weight is 431 g/mol. The number of nitrogens with zero attached hydrogens (tertiary/aromatic N) is 1. The first-order chi connectivity index (χ1) is 15.5. The molecule has 5 heteroatoms. The summed E-state index contributed by atoms with van der Waals surface area (Å²) in [7, 11) is 3.31. The minimum Gasteiger partial charge on any atom is -0.493 e. The number of para-hydroxylation sites is 1. The minimum absolute atomic E-state index is 0.00717. The lowest BCUT2D eigenvalue weighted by Gasteiger charge is -2.37. The number of ether oxygens (including phenoxy) is 2. The van der Waals surface area contributed by atoms with Crippen LogP contribution < -0.4 is 14.8 Å². The van der Waals surface area contributed by atoms with Crippen molar-refractivity contribution < 1.29 is 14.3 Å². The zero-order valence-corrected chi connectivity index (χ0v) is 19.1. The molecule has 1 amide bonds. The summed E-state index contributed by atoms with van der Waals surface area (Å²) in [6.07, 6.45) is 0.843. The number of benzene rings is 3. The van der Waals surface area contributed by atoms with E-state index >= 15 is 0 Å². The predicted octanol–water partition coefficient (Wildman–Crippen LogP) is 4.91. The predicted molar refractivity (Wildman–Crippen MR) is 128 cm³/mol. The lowest BCUT2D eigenvalue weighted by atomic mass is 9.87. The van der Waals surface area contributed by atoms with Gasteiger partial charge in [0.05, 0.1) is 26.8 Å². The molecule has 32 heavy (non-hydrogen) atoms. The van der Waals surface area contributed by atoms with Gasteiger partial charge >= 0.3 is 0 Å². The van der Waals surface area contributed by atoms with E-state index < -0.39 is 0 Å². The fourth-order valence-electron chi connectivity index (χ4n) is 4.57. The van der Waals surface area contributed by atoms with E-state index in [0.717, 1.165) is 46.7 Å². The topological polar surface area (TPSA) is 50.8 Å². The number of hydrogen-bond donors (Lipinski definition) is 1. The number of methoxy groups -OCH3 is 2. The number of fused-ring (bicyclic) bond motifs is 1. The molecule has 0 aromatic heterocycles. The smallest absolute Gasteiger partial charge is 0.238 e. The molecule has 3 aromatic rings. The van der Waals surface area contributed by atoms with Crippen molar-refractivity contribution >= 4 is 11.6 Å². The Bertz CT molecular complexity index is 1090. The van der Waals surface area contributed by atoms with E-state index in [0.29, 0.717) is 12.3 Å². The third-order valence-corrected chi connectivity index (χ3v) is 6.18. The standard InChI is InChI=1S/C27H30N2O3/c1-18-9-8-10-19(2)26(18)28-25(30)17-29-14-13-21-15-23(31-3)24(32-4)16-22(21)27(29)20-11-6-5-7-12-20/h5-12,15-16,27H,13-14,17H2,1-4H3,(H,28,30)/t27-/m0/s1. The highest BCUT2D eigenvalue weighted by molar-refractivity contribution is 5.93. The molecule has 0 spiro atoms. The normalized spacial score (nSPS) is 15.7. The van der Waals surface area contributed by atoms with Gasteiger partial charge in [0.15, 0.2) is 11.5 Å². The molecule has 166 valence electrons. The van der Waals surface area contributed by atoms with Crippen molar-refractivity contribution in [2.75, 3.05) is 32.6 Å². The van der Waals surface area contributed by atoms with Crippen LogP contribution in [0, 0.1) is 13.8 Å². The lowest BCUT2D eigenvalue weighted by molar-refractivity contribution is -0.117. The second kappa shape index (κ2) is 9.45. The minimum atomic E-state index is -0.0385. The van der Waals surface area contributed by atoms with E-state index in [2.05, 4.69) is 34.5 Å².